The van der Waals surface area contributed by atoms with Crippen molar-refractivity contribution in [2.75, 3.05) is 10.5 Å². The quantitative estimate of drug-likeness (QED) is 0.823. The number of nitrogens with zero attached hydrogens (tertiary/aromatic N) is 2. The second kappa shape index (κ2) is 4.96. The van der Waals surface area contributed by atoms with Crippen molar-refractivity contribution in [3.05, 3.63) is 42.5 Å². The Bertz CT molecular complexity index is 551. The predicted octanol–water partition coefficient (Wildman–Crippen LogP) is 0.789. The normalized spacial score (nSPS) is 11.3. The Kier molecular flexibility index (Phi) is 3.38. The van der Waals surface area contributed by atoms with Gasteiger partial charge in [0.25, 0.3) is 0 Å². The summed E-state index contributed by atoms with van der Waals surface area (Å²) in [5.41, 5.74) is 1.39. The zero-order chi connectivity index (χ0) is 12.1. The van der Waals surface area contributed by atoms with Crippen LogP contribution in [0, 0.1) is 0 Å². The highest BCUT2D eigenvalue weighted by atomic mass is 32.2. The number of sulfonamides is 1. The SMILES string of the molecule is O=S(=O)(CCc1ccncc1)Nc1cn[nH]c1. The van der Waals surface area contributed by atoms with E-state index in [-0.39, 0.29) is 5.75 Å². The number of aromatic nitrogens is 3. The maximum absolute atomic E-state index is 11.7. The van der Waals surface area contributed by atoms with Gasteiger partial charge in [0, 0.05) is 18.6 Å². The van der Waals surface area contributed by atoms with Crippen LogP contribution in [0.4, 0.5) is 5.69 Å². The highest BCUT2D eigenvalue weighted by Gasteiger charge is 2.10. The van der Waals surface area contributed by atoms with Crippen molar-refractivity contribution in [3.63, 3.8) is 0 Å². The molecular formula is C10H12N4O2S. The van der Waals surface area contributed by atoms with Crippen LogP contribution >= 0.6 is 0 Å². The van der Waals surface area contributed by atoms with Crippen molar-refractivity contribution in [3.8, 4) is 0 Å². The molecule has 0 radical (unpaired) electrons. The van der Waals surface area contributed by atoms with Gasteiger partial charge in [0.2, 0.25) is 10.0 Å². The van der Waals surface area contributed by atoms with Gasteiger partial charge in [0.15, 0.2) is 0 Å². The van der Waals surface area contributed by atoms with E-state index in [9.17, 15) is 8.42 Å². The molecule has 2 aromatic heterocycles. The summed E-state index contributed by atoms with van der Waals surface area (Å²) in [6, 6.07) is 3.60. The largest absolute Gasteiger partial charge is 0.284 e. The Labute approximate surface area is 99.1 Å². The first kappa shape index (κ1) is 11.6. The topological polar surface area (TPSA) is 87.7 Å². The van der Waals surface area contributed by atoms with E-state index < -0.39 is 10.0 Å². The van der Waals surface area contributed by atoms with Crippen LogP contribution in [0.2, 0.25) is 0 Å². The van der Waals surface area contributed by atoms with Crippen LogP contribution in [-0.4, -0.2) is 29.4 Å². The van der Waals surface area contributed by atoms with E-state index in [1.165, 1.54) is 12.4 Å². The Hall–Kier alpha value is -1.89. The summed E-state index contributed by atoms with van der Waals surface area (Å²) in [7, 11) is -3.33. The second-order valence-electron chi connectivity index (χ2n) is 3.51. The molecule has 0 fully saturated rings. The minimum absolute atomic E-state index is 0.0300. The highest BCUT2D eigenvalue weighted by molar-refractivity contribution is 7.92. The van der Waals surface area contributed by atoms with Crippen molar-refractivity contribution in [2.24, 2.45) is 0 Å². The number of aromatic amines is 1. The highest BCUT2D eigenvalue weighted by Crippen LogP contribution is 2.07. The number of H-pyrrole nitrogens is 1. The zero-order valence-electron chi connectivity index (χ0n) is 9.00. The summed E-state index contributed by atoms with van der Waals surface area (Å²) in [4.78, 5) is 3.87. The van der Waals surface area contributed by atoms with Gasteiger partial charge in [-0.15, -0.1) is 0 Å². The maximum atomic E-state index is 11.7. The lowest BCUT2D eigenvalue weighted by molar-refractivity contribution is 0.600. The molecule has 2 rings (SSSR count). The minimum Gasteiger partial charge on any atom is -0.284 e. The summed E-state index contributed by atoms with van der Waals surface area (Å²) in [5.74, 6) is 0.0300. The van der Waals surface area contributed by atoms with Gasteiger partial charge in [0.1, 0.15) is 0 Å². The van der Waals surface area contributed by atoms with E-state index in [2.05, 4.69) is 19.9 Å². The number of nitrogens with one attached hydrogen (secondary N) is 2. The lowest BCUT2D eigenvalue weighted by atomic mass is 10.2. The third-order valence-electron chi connectivity index (χ3n) is 2.18. The van der Waals surface area contributed by atoms with Gasteiger partial charge < -0.3 is 0 Å². The van der Waals surface area contributed by atoms with E-state index in [1.54, 1.807) is 24.5 Å². The number of pyridine rings is 1. The molecule has 0 aromatic carbocycles. The Morgan fingerprint density at radius 2 is 2.06 bits per heavy atom. The monoisotopic (exact) mass is 252 g/mol. The zero-order valence-corrected chi connectivity index (χ0v) is 9.81. The standard InChI is InChI=1S/C10H12N4O2S/c15-17(16,14-10-7-12-13-8-10)6-3-9-1-4-11-5-2-9/h1-2,4-5,7-8,14H,3,6H2,(H,12,13). The van der Waals surface area contributed by atoms with Crippen LogP contribution in [0.25, 0.3) is 0 Å². The Morgan fingerprint density at radius 3 is 2.71 bits per heavy atom. The predicted molar refractivity (Wildman–Crippen MR) is 63.9 cm³/mol. The lowest BCUT2D eigenvalue weighted by Gasteiger charge is -2.05. The smallest absolute Gasteiger partial charge is 0.233 e. The van der Waals surface area contributed by atoms with Gasteiger partial charge in [-0.3, -0.25) is 14.8 Å². The van der Waals surface area contributed by atoms with E-state index in [0.29, 0.717) is 12.1 Å². The van der Waals surface area contributed by atoms with Crippen LogP contribution in [0.3, 0.4) is 0 Å². The molecule has 0 atom stereocenters. The molecule has 0 bridgehead atoms. The average molecular weight is 252 g/mol. The first-order chi connectivity index (χ1) is 8.16. The molecule has 0 saturated heterocycles. The van der Waals surface area contributed by atoms with Gasteiger partial charge in [-0.2, -0.15) is 5.10 Å². The maximum Gasteiger partial charge on any atom is 0.233 e. The minimum atomic E-state index is -3.33. The van der Waals surface area contributed by atoms with Crippen LogP contribution in [0.5, 0.6) is 0 Å². The van der Waals surface area contributed by atoms with Gasteiger partial charge in [-0.1, -0.05) is 0 Å². The number of aryl methyl sites for hydroxylation is 1. The molecule has 2 N–H and O–H groups in total. The summed E-state index contributed by atoms with van der Waals surface area (Å²) in [6.07, 6.45) is 6.65. The van der Waals surface area contributed by atoms with Crippen molar-refractivity contribution in [2.45, 2.75) is 6.42 Å². The summed E-state index contributed by atoms with van der Waals surface area (Å²) in [6.45, 7) is 0. The van der Waals surface area contributed by atoms with E-state index in [1.807, 2.05) is 0 Å². The third kappa shape index (κ3) is 3.56. The molecule has 0 spiro atoms. The van der Waals surface area contributed by atoms with Crippen LogP contribution < -0.4 is 4.72 Å². The van der Waals surface area contributed by atoms with Crippen LogP contribution in [0.1, 0.15) is 5.56 Å². The molecule has 2 heterocycles. The number of hydrogen-bond donors (Lipinski definition) is 2. The Morgan fingerprint density at radius 1 is 1.29 bits per heavy atom. The Balaban J connectivity index is 1.94. The van der Waals surface area contributed by atoms with Crippen molar-refractivity contribution >= 4 is 15.7 Å². The summed E-state index contributed by atoms with van der Waals surface area (Å²) >= 11 is 0. The average Bonchev–Trinajstić information content (AvgIpc) is 2.80. The van der Waals surface area contributed by atoms with Crippen LogP contribution in [0.15, 0.2) is 36.9 Å². The number of rotatable bonds is 5. The van der Waals surface area contributed by atoms with Crippen molar-refractivity contribution < 1.29 is 8.42 Å². The molecule has 0 aliphatic carbocycles. The number of hydrogen-bond acceptors (Lipinski definition) is 4. The molecule has 0 aliphatic heterocycles. The fourth-order valence-electron chi connectivity index (χ4n) is 1.34. The van der Waals surface area contributed by atoms with E-state index in [0.717, 1.165) is 5.56 Å². The van der Waals surface area contributed by atoms with Gasteiger partial charge in [-0.05, 0) is 24.1 Å². The summed E-state index contributed by atoms with van der Waals surface area (Å²) < 4.78 is 25.8. The fraction of sp³-hybridized carbons (Fsp3) is 0.200. The van der Waals surface area contributed by atoms with Crippen molar-refractivity contribution in [1.82, 2.24) is 15.2 Å². The molecule has 0 amide bonds. The fourth-order valence-corrected chi connectivity index (χ4v) is 2.42. The van der Waals surface area contributed by atoms with E-state index in [4.69, 9.17) is 0 Å². The molecule has 17 heavy (non-hydrogen) atoms. The molecule has 7 heteroatoms. The molecule has 0 aliphatic rings. The van der Waals surface area contributed by atoms with Crippen molar-refractivity contribution in [1.29, 1.82) is 0 Å². The third-order valence-corrected chi connectivity index (χ3v) is 3.47. The van der Waals surface area contributed by atoms with Gasteiger partial charge >= 0.3 is 0 Å². The summed E-state index contributed by atoms with van der Waals surface area (Å²) in [5, 5.41) is 6.21. The molecule has 2 aromatic rings. The molecular weight excluding hydrogens is 240 g/mol. The van der Waals surface area contributed by atoms with Gasteiger partial charge in [0.05, 0.1) is 17.6 Å². The lowest BCUT2D eigenvalue weighted by Crippen LogP contribution is -2.17. The molecule has 0 saturated carbocycles. The molecule has 90 valence electrons. The van der Waals surface area contributed by atoms with Crippen LogP contribution in [-0.2, 0) is 16.4 Å². The second-order valence-corrected chi connectivity index (χ2v) is 5.36. The first-order valence-electron chi connectivity index (χ1n) is 5.04. The molecule has 6 nitrogen and oxygen atoms in total. The first-order valence-corrected chi connectivity index (χ1v) is 6.69. The van der Waals surface area contributed by atoms with E-state index >= 15 is 0 Å². The van der Waals surface area contributed by atoms with Gasteiger partial charge in [-0.25, -0.2) is 8.42 Å². The number of anilines is 1. The molecule has 0 unspecified atom stereocenters.